The van der Waals surface area contributed by atoms with Crippen molar-refractivity contribution in [3.05, 3.63) is 35.8 Å². The molecule has 38 heavy (non-hydrogen) atoms. The Bertz CT molecular complexity index is 1070. The summed E-state index contributed by atoms with van der Waals surface area (Å²) in [5.41, 5.74) is -0.344. The summed E-state index contributed by atoms with van der Waals surface area (Å²) in [6.07, 6.45) is -1.49. The van der Waals surface area contributed by atoms with Gasteiger partial charge in [-0.3, -0.25) is 4.79 Å². The van der Waals surface area contributed by atoms with Gasteiger partial charge in [0.25, 0.3) is 0 Å². The van der Waals surface area contributed by atoms with Crippen LogP contribution in [0.5, 0.6) is 0 Å². The number of carbonyl (C=O) groups is 2. The van der Waals surface area contributed by atoms with Crippen molar-refractivity contribution >= 4 is 11.9 Å². The second-order valence-corrected chi connectivity index (χ2v) is 11.3. The van der Waals surface area contributed by atoms with Crippen molar-refractivity contribution in [2.24, 2.45) is 22.7 Å². The van der Waals surface area contributed by atoms with Gasteiger partial charge < -0.3 is 43.8 Å². The van der Waals surface area contributed by atoms with Gasteiger partial charge in [0.05, 0.1) is 38.3 Å². The Labute approximate surface area is 220 Å². The fraction of sp³-hybridized carbons (Fsp3) is 0.704. The predicted octanol–water partition coefficient (Wildman–Crippen LogP) is 0.995. The van der Waals surface area contributed by atoms with Gasteiger partial charge in [-0.2, -0.15) is 0 Å². The SMILES string of the molecule is COC(=O)C1=CCC[C@H]2[C@](C)(CC(OC3OC(CO)C(O)C(O)C3O)c3ccoc3)[C@H]3C[C@@H](OC3=O)[C@@]12C. The van der Waals surface area contributed by atoms with Gasteiger partial charge in [-0.1, -0.05) is 19.9 Å². The lowest BCUT2D eigenvalue weighted by Crippen LogP contribution is -2.59. The number of ether oxygens (including phenoxy) is 4. The summed E-state index contributed by atoms with van der Waals surface area (Å²) in [6, 6.07) is 1.70. The third kappa shape index (κ3) is 4.11. The van der Waals surface area contributed by atoms with Crippen LogP contribution in [0.4, 0.5) is 0 Å². The first-order chi connectivity index (χ1) is 18.1. The van der Waals surface area contributed by atoms with E-state index in [0.717, 1.165) is 6.42 Å². The van der Waals surface area contributed by atoms with E-state index in [-0.39, 0.29) is 18.3 Å². The second kappa shape index (κ2) is 10.0. The Morgan fingerprint density at radius 2 is 1.97 bits per heavy atom. The molecule has 210 valence electrons. The molecule has 6 unspecified atom stereocenters. The predicted molar refractivity (Wildman–Crippen MR) is 128 cm³/mol. The lowest BCUT2D eigenvalue weighted by atomic mass is 9.46. The molecule has 11 nitrogen and oxygen atoms in total. The lowest BCUT2D eigenvalue weighted by molar-refractivity contribution is -0.315. The van der Waals surface area contributed by atoms with Crippen molar-refractivity contribution in [2.75, 3.05) is 13.7 Å². The Morgan fingerprint density at radius 3 is 2.63 bits per heavy atom. The van der Waals surface area contributed by atoms with Gasteiger partial charge in [0.15, 0.2) is 6.29 Å². The van der Waals surface area contributed by atoms with Crippen molar-refractivity contribution < 1.29 is 53.4 Å². The molecule has 2 aliphatic heterocycles. The molecule has 0 amide bonds. The first kappa shape index (κ1) is 27.3. The topological polar surface area (TPSA) is 165 Å². The largest absolute Gasteiger partial charge is 0.472 e. The lowest BCUT2D eigenvalue weighted by Gasteiger charge is -2.56. The summed E-state index contributed by atoms with van der Waals surface area (Å²) in [6.45, 7) is 3.38. The molecule has 11 atom stereocenters. The quantitative estimate of drug-likeness (QED) is 0.367. The third-order valence-corrected chi connectivity index (χ3v) is 9.45. The normalized spacial score (nSPS) is 43.1. The highest BCUT2D eigenvalue weighted by molar-refractivity contribution is 5.91. The molecule has 3 fully saturated rings. The highest BCUT2D eigenvalue weighted by Crippen LogP contribution is 2.66. The number of hydrogen-bond acceptors (Lipinski definition) is 11. The monoisotopic (exact) mass is 536 g/mol. The van der Waals surface area contributed by atoms with Gasteiger partial charge in [-0.05, 0) is 43.1 Å². The van der Waals surface area contributed by atoms with E-state index in [1.54, 1.807) is 6.07 Å². The smallest absolute Gasteiger partial charge is 0.334 e. The van der Waals surface area contributed by atoms with Crippen molar-refractivity contribution in [3.8, 4) is 0 Å². The van der Waals surface area contributed by atoms with E-state index in [0.29, 0.717) is 24.0 Å². The van der Waals surface area contributed by atoms with Crippen LogP contribution >= 0.6 is 0 Å². The van der Waals surface area contributed by atoms with Crippen LogP contribution in [0.25, 0.3) is 0 Å². The average molecular weight is 537 g/mol. The molecule has 2 bridgehead atoms. The minimum Gasteiger partial charge on any atom is -0.472 e. The van der Waals surface area contributed by atoms with Gasteiger partial charge in [0.2, 0.25) is 0 Å². The fourth-order valence-corrected chi connectivity index (χ4v) is 7.39. The molecule has 0 aromatic carbocycles. The van der Waals surface area contributed by atoms with Crippen LogP contribution in [0.1, 0.15) is 51.2 Å². The van der Waals surface area contributed by atoms with Crippen LogP contribution in [-0.4, -0.2) is 82.9 Å². The number of aliphatic hydroxyl groups is 4. The molecule has 11 heteroatoms. The Balaban J connectivity index is 1.50. The summed E-state index contributed by atoms with van der Waals surface area (Å²) in [5.74, 6) is -1.35. The highest BCUT2D eigenvalue weighted by Gasteiger charge is 2.67. The van der Waals surface area contributed by atoms with Crippen LogP contribution in [0, 0.1) is 22.7 Å². The van der Waals surface area contributed by atoms with Gasteiger partial charge in [-0.15, -0.1) is 0 Å². The summed E-state index contributed by atoms with van der Waals surface area (Å²) < 4.78 is 28.2. The average Bonchev–Trinajstić information content (AvgIpc) is 3.57. The van der Waals surface area contributed by atoms with E-state index < -0.39 is 72.2 Å². The van der Waals surface area contributed by atoms with E-state index in [2.05, 4.69) is 0 Å². The number of carbonyl (C=O) groups excluding carboxylic acids is 2. The van der Waals surface area contributed by atoms with Crippen molar-refractivity contribution in [3.63, 3.8) is 0 Å². The summed E-state index contributed by atoms with van der Waals surface area (Å²) in [5, 5.41) is 40.7. The maximum Gasteiger partial charge on any atom is 0.334 e. The van der Waals surface area contributed by atoms with Crippen LogP contribution in [0.3, 0.4) is 0 Å². The standard InChI is InChI=1S/C27H36O11/c1-26(15-9-19(38-24(15)33)27(2)14(23(32)34-3)5-4-6-18(26)27)10-16(13-7-8-35-12-13)36-25-22(31)21(30)20(29)17(11-28)37-25/h5,7-8,12,15-22,25,28-31H,4,6,9-11H2,1-3H3/t15-,16?,17?,18-,19+,20?,21?,22?,25?,26+,27-/m0/s1. The zero-order chi connectivity index (χ0) is 27.4. The third-order valence-electron chi connectivity index (χ3n) is 9.45. The van der Waals surface area contributed by atoms with Gasteiger partial charge in [0.1, 0.15) is 30.5 Å². The Morgan fingerprint density at radius 1 is 1.21 bits per heavy atom. The number of aliphatic hydroxyl groups excluding tert-OH is 4. The van der Waals surface area contributed by atoms with E-state index in [1.165, 1.54) is 19.6 Å². The van der Waals surface area contributed by atoms with Gasteiger partial charge >= 0.3 is 11.9 Å². The summed E-state index contributed by atoms with van der Waals surface area (Å²) in [7, 11) is 1.34. The molecule has 5 rings (SSSR count). The first-order valence-electron chi connectivity index (χ1n) is 13.0. The van der Waals surface area contributed by atoms with E-state index >= 15 is 0 Å². The molecular weight excluding hydrogens is 500 g/mol. The zero-order valence-electron chi connectivity index (χ0n) is 21.7. The summed E-state index contributed by atoms with van der Waals surface area (Å²) in [4.78, 5) is 26.0. The van der Waals surface area contributed by atoms with Crippen molar-refractivity contribution in [1.29, 1.82) is 0 Å². The van der Waals surface area contributed by atoms with E-state index in [9.17, 15) is 30.0 Å². The van der Waals surface area contributed by atoms with Crippen LogP contribution in [0.2, 0.25) is 0 Å². The number of fused-ring (bicyclic) bond motifs is 4. The molecule has 4 N–H and O–H groups in total. The molecule has 1 aromatic heterocycles. The molecular formula is C27H36O11. The molecule has 2 aliphatic carbocycles. The molecule has 3 heterocycles. The number of allylic oxidation sites excluding steroid dienone is 1. The minimum atomic E-state index is -1.60. The van der Waals surface area contributed by atoms with Crippen molar-refractivity contribution in [2.45, 2.75) is 82.4 Å². The molecule has 0 radical (unpaired) electrons. The maximum atomic E-state index is 13.2. The number of furan rings is 1. The Hall–Kier alpha value is -2.28. The first-order valence-corrected chi connectivity index (χ1v) is 13.0. The van der Waals surface area contributed by atoms with Crippen LogP contribution in [0.15, 0.2) is 34.7 Å². The van der Waals surface area contributed by atoms with E-state index in [1.807, 2.05) is 19.9 Å². The minimum absolute atomic E-state index is 0.142. The van der Waals surface area contributed by atoms with Gasteiger partial charge in [0, 0.05) is 16.6 Å². The molecule has 2 saturated heterocycles. The number of hydrogen-bond donors (Lipinski definition) is 4. The van der Waals surface area contributed by atoms with Gasteiger partial charge in [-0.25, -0.2) is 4.79 Å². The molecule has 1 saturated carbocycles. The fourth-order valence-electron chi connectivity index (χ4n) is 7.39. The second-order valence-electron chi connectivity index (χ2n) is 11.3. The number of rotatable bonds is 7. The van der Waals surface area contributed by atoms with E-state index in [4.69, 9.17) is 23.4 Å². The van der Waals surface area contributed by atoms with Crippen LogP contribution < -0.4 is 0 Å². The number of esters is 2. The van der Waals surface area contributed by atoms with Crippen molar-refractivity contribution in [1.82, 2.24) is 0 Å². The molecule has 0 spiro atoms. The maximum absolute atomic E-state index is 13.2. The highest BCUT2D eigenvalue weighted by atomic mass is 16.7. The molecule has 1 aromatic rings. The zero-order valence-corrected chi connectivity index (χ0v) is 21.7. The number of methoxy groups -OCH3 is 1. The summed E-state index contributed by atoms with van der Waals surface area (Å²) >= 11 is 0. The van der Waals surface area contributed by atoms with Crippen LogP contribution in [-0.2, 0) is 28.5 Å². The Kier molecular flexibility index (Phi) is 7.21. The molecule has 4 aliphatic rings.